The molecule has 0 fully saturated rings. The quantitative estimate of drug-likeness (QED) is 0.641. The lowest BCUT2D eigenvalue weighted by atomic mass is 10.4. The molecule has 17 heavy (non-hydrogen) atoms. The average Bonchev–Trinajstić information content (AvgIpc) is 2.27. The molecule has 0 spiro atoms. The zero-order valence-corrected chi connectivity index (χ0v) is 9.75. The molecule has 0 aliphatic heterocycles. The number of rotatable bonds is 4. The Hall–Kier alpha value is -1.89. The van der Waals surface area contributed by atoms with Crippen molar-refractivity contribution >= 4 is 16.0 Å². The molecule has 7 heteroatoms. The number of ether oxygens (including phenoxy) is 1. The first-order valence-corrected chi connectivity index (χ1v) is 5.91. The Morgan fingerprint density at radius 1 is 1.35 bits per heavy atom. The summed E-state index contributed by atoms with van der Waals surface area (Å²) in [5.74, 6) is -1.45. The second-order valence-electron chi connectivity index (χ2n) is 3.03. The molecule has 0 radical (unpaired) electrons. The van der Waals surface area contributed by atoms with Crippen LogP contribution in [-0.4, -0.2) is 21.5 Å². The minimum Gasteiger partial charge on any atom is -0.464 e. The van der Waals surface area contributed by atoms with Crippen LogP contribution in [-0.2, 0) is 19.6 Å². The molecule has 0 atom stereocenters. The molecule has 1 rings (SSSR count). The maximum Gasteiger partial charge on any atom is 0.354 e. The summed E-state index contributed by atoms with van der Waals surface area (Å²) in [5.41, 5.74) is -0.420. The van der Waals surface area contributed by atoms with Gasteiger partial charge >= 0.3 is 5.97 Å². The SMILES string of the molecule is C=C(NS(=O)(=O)c1ccc(F)cc1)C(=O)OC. The van der Waals surface area contributed by atoms with Gasteiger partial charge in [-0.05, 0) is 24.3 Å². The van der Waals surface area contributed by atoms with Crippen LogP contribution in [0.4, 0.5) is 4.39 Å². The Balaban J connectivity index is 2.93. The highest BCUT2D eigenvalue weighted by molar-refractivity contribution is 7.89. The van der Waals surface area contributed by atoms with Gasteiger partial charge in [-0.15, -0.1) is 0 Å². The third-order valence-electron chi connectivity index (χ3n) is 1.81. The fraction of sp³-hybridized carbons (Fsp3) is 0.100. The number of methoxy groups -OCH3 is 1. The fourth-order valence-electron chi connectivity index (χ4n) is 1.000. The van der Waals surface area contributed by atoms with E-state index < -0.39 is 27.5 Å². The summed E-state index contributed by atoms with van der Waals surface area (Å²) >= 11 is 0. The van der Waals surface area contributed by atoms with Crippen molar-refractivity contribution in [1.82, 2.24) is 4.72 Å². The van der Waals surface area contributed by atoms with Crippen LogP contribution < -0.4 is 4.72 Å². The summed E-state index contributed by atoms with van der Waals surface area (Å²) in [5, 5.41) is 0. The van der Waals surface area contributed by atoms with Crippen molar-refractivity contribution in [3.63, 3.8) is 0 Å². The normalized spacial score (nSPS) is 10.7. The number of halogens is 1. The Labute approximate surface area is 98.0 Å². The first-order valence-electron chi connectivity index (χ1n) is 4.42. The van der Waals surface area contributed by atoms with Gasteiger partial charge < -0.3 is 4.74 Å². The lowest BCUT2D eigenvalue weighted by Gasteiger charge is -2.08. The highest BCUT2D eigenvalue weighted by atomic mass is 32.2. The summed E-state index contributed by atoms with van der Waals surface area (Å²) in [4.78, 5) is 10.8. The standard InChI is InChI=1S/C10H10FNO4S/c1-7(10(13)16-2)12-17(14,15)9-5-3-8(11)4-6-9/h3-6,12H,1H2,2H3. The van der Waals surface area contributed by atoms with E-state index in [0.29, 0.717) is 0 Å². The minimum absolute atomic E-state index is 0.177. The van der Waals surface area contributed by atoms with E-state index in [4.69, 9.17) is 0 Å². The molecule has 1 N–H and O–H groups in total. The van der Waals surface area contributed by atoms with E-state index in [2.05, 4.69) is 11.3 Å². The smallest absolute Gasteiger partial charge is 0.354 e. The number of carbonyl (C=O) groups excluding carboxylic acids is 1. The van der Waals surface area contributed by atoms with Gasteiger partial charge in [0.1, 0.15) is 11.5 Å². The highest BCUT2D eigenvalue weighted by Crippen LogP contribution is 2.10. The minimum atomic E-state index is -3.95. The molecule has 0 bridgehead atoms. The van der Waals surface area contributed by atoms with Gasteiger partial charge in [-0.1, -0.05) is 6.58 Å². The van der Waals surface area contributed by atoms with Crippen LogP contribution in [0.5, 0.6) is 0 Å². The van der Waals surface area contributed by atoms with Gasteiger partial charge in [-0.3, -0.25) is 4.72 Å². The van der Waals surface area contributed by atoms with Crippen molar-refractivity contribution in [3.8, 4) is 0 Å². The molecule has 0 heterocycles. The largest absolute Gasteiger partial charge is 0.464 e. The van der Waals surface area contributed by atoms with Crippen LogP contribution in [0.3, 0.4) is 0 Å². The van der Waals surface area contributed by atoms with Crippen molar-refractivity contribution in [2.75, 3.05) is 7.11 Å². The molecular formula is C10H10FNO4S. The van der Waals surface area contributed by atoms with Gasteiger partial charge in [-0.25, -0.2) is 17.6 Å². The van der Waals surface area contributed by atoms with E-state index in [0.717, 1.165) is 31.4 Å². The summed E-state index contributed by atoms with van der Waals surface area (Å²) < 4.78 is 42.2. The summed E-state index contributed by atoms with van der Waals surface area (Å²) in [6, 6.07) is 4.13. The van der Waals surface area contributed by atoms with Crippen molar-refractivity contribution in [2.45, 2.75) is 4.90 Å². The number of hydrogen-bond donors (Lipinski definition) is 1. The van der Waals surface area contributed by atoms with Gasteiger partial charge in [0.2, 0.25) is 0 Å². The monoisotopic (exact) mass is 259 g/mol. The number of hydrogen-bond acceptors (Lipinski definition) is 4. The van der Waals surface area contributed by atoms with Crippen molar-refractivity contribution in [2.24, 2.45) is 0 Å². The predicted molar refractivity (Wildman–Crippen MR) is 57.9 cm³/mol. The Kier molecular flexibility index (Phi) is 3.84. The lowest BCUT2D eigenvalue weighted by Crippen LogP contribution is -2.27. The van der Waals surface area contributed by atoms with Gasteiger partial charge in [0.15, 0.2) is 0 Å². The number of benzene rings is 1. The van der Waals surface area contributed by atoms with Gasteiger partial charge in [0, 0.05) is 0 Å². The molecule has 0 aromatic heterocycles. The lowest BCUT2D eigenvalue weighted by molar-refractivity contribution is -0.136. The first kappa shape index (κ1) is 13.2. The van der Waals surface area contributed by atoms with Crippen LogP contribution in [0.25, 0.3) is 0 Å². The maximum absolute atomic E-state index is 12.6. The number of esters is 1. The van der Waals surface area contributed by atoms with E-state index in [1.807, 2.05) is 4.72 Å². The topological polar surface area (TPSA) is 72.5 Å². The van der Waals surface area contributed by atoms with E-state index >= 15 is 0 Å². The Bertz CT molecular complexity index is 536. The van der Waals surface area contributed by atoms with Gasteiger partial charge in [0.25, 0.3) is 10.0 Å². The van der Waals surface area contributed by atoms with Gasteiger partial charge in [-0.2, -0.15) is 0 Å². The van der Waals surface area contributed by atoms with Crippen LogP contribution >= 0.6 is 0 Å². The summed E-state index contributed by atoms with van der Waals surface area (Å²) in [6.07, 6.45) is 0. The molecule has 0 saturated carbocycles. The van der Waals surface area contributed by atoms with E-state index in [1.165, 1.54) is 0 Å². The zero-order chi connectivity index (χ0) is 13.1. The molecule has 92 valence electrons. The Morgan fingerprint density at radius 3 is 2.35 bits per heavy atom. The second-order valence-corrected chi connectivity index (χ2v) is 4.71. The average molecular weight is 259 g/mol. The van der Waals surface area contributed by atoms with Crippen molar-refractivity contribution < 1.29 is 22.3 Å². The molecule has 1 aromatic rings. The molecule has 5 nitrogen and oxygen atoms in total. The van der Waals surface area contributed by atoms with Crippen molar-refractivity contribution in [1.29, 1.82) is 0 Å². The molecule has 0 aliphatic carbocycles. The summed E-state index contributed by atoms with van der Waals surface area (Å²) in [6.45, 7) is 3.21. The number of nitrogens with one attached hydrogen (secondary N) is 1. The third-order valence-corrected chi connectivity index (χ3v) is 3.22. The number of sulfonamides is 1. The predicted octanol–water partition coefficient (Wildman–Crippen LogP) is 0.791. The Morgan fingerprint density at radius 2 is 1.88 bits per heavy atom. The third kappa shape index (κ3) is 3.28. The van der Waals surface area contributed by atoms with E-state index in [9.17, 15) is 17.6 Å². The molecule has 0 amide bonds. The highest BCUT2D eigenvalue weighted by Gasteiger charge is 2.18. The molecule has 1 aromatic carbocycles. The van der Waals surface area contributed by atoms with Crippen LogP contribution in [0.1, 0.15) is 0 Å². The molecule has 0 aliphatic rings. The molecule has 0 unspecified atom stereocenters. The second kappa shape index (κ2) is 4.96. The van der Waals surface area contributed by atoms with Crippen LogP contribution in [0, 0.1) is 5.82 Å². The molecular weight excluding hydrogens is 249 g/mol. The van der Waals surface area contributed by atoms with E-state index in [-0.39, 0.29) is 4.90 Å². The zero-order valence-electron chi connectivity index (χ0n) is 8.94. The molecule has 0 saturated heterocycles. The van der Waals surface area contributed by atoms with Gasteiger partial charge in [0.05, 0.1) is 12.0 Å². The number of carbonyl (C=O) groups is 1. The van der Waals surface area contributed by atoms with Crippen molar-refractivity contribution in [3.05, 3.63) is 42.4 Å². The fourth-order valence-corrected chi connectivity index (χ4v) is 2.02. The summed E-state index contributed by atoms with van der Waals surface area (Å²) in [7, 11) is -2.85. The maximum atomic E-state index is 12.6. The van der Waals surface area contributed by atoms with Crippen LogP contribution in [0.2, 0.25) is 0 Å². The van der Waals surface area contributed by atoms with E-state index in [1.54, 1.807) is 0 Å². The van der Waals surface area contributed by atoms with Crippen LogP contribution in [0.15, 0.2) is 41.4 Å². The first-order chi connectivity index (χ1) is 7.86.